The van der Waals surface area contributed by atoms with Crippen molar-refractivity contribution < 1.29 is 13.2 Å². The molecule has 28 heavy (non-hydrogen) atoms. The van der Waals surface area contributed by atoms with E-state index < -0.39 is 17.4 Å². The van der Waals surface area contributed by atoms with E-state index >= 15 is 0 Å². The first-order valence-corrected chi connectivity index (χ1v) is 8.34. The predicted molar refractivity (Wildman–Crippen MR) is 101 cm³/mol. The number of aromatic amines is 1. The average molecular weight is 383 g/mol. The van der Waals surface area contributed by atoms with Crippen molar-refractivity contribution in [2.75, 3.05) is 10.6 Å². The fourth-order valence-corrected chi connectivity index (χ4v) is 2.92. The molecule has 0 saturated carbocycles. The number of anilines is 4. The zero-order chi connectivity index (χ0) is 19.8. The summed E-state index contributed by atoms with van der Waals surface area (Å²) in [5.74, 6) is -2.23. The smallest absolute Gasteiger partial charge is 0.405 e. The van der Waals surface area contributed by atoms with Gasteiger partial charge in [0.05, 0.1) is 11.7 Å². The number of nitrogens with zero attached hydrogens (tertiary/aromatic N) is 2. The molecule has 4 rings (SSSR count). The molecular formula is C19H15F2N5O2. The molecule has 7 nitrogen and oxygen atoms in total. The number of aryl methyl sites for hydroxylation is 2. The number of fused-ring (bicyclic) bond motifs is 1. The van der Waals surface area contributed by atoms with Crippen molar-refractivity contribution >= 4 is 34.2 Å². The maximum Gasteiger partial charge on any atom is 0.417 e. The lowest BCUT2D eigenvalue weighted by Crippen LogP contribution is -2.04. The molecule has 2 aromatic carbocycles. The Hall–Kier alpha value is -3.75. The second-order valence-corrected chi connectivity index (χ2v) is 6.37. The van der Waals surface area contributed by atoms with Crippen LogP contribution < -0.4 is 16.4 Å². The van der Waals surface area contributed by atoms with Gasteiger partial charge in [-0.05, 0) is 43.2 Å². The summed E-state index contributed by atoms with van der Waals surface area (Å²) in [5.41, 5.74) is 3.02. The molecule has 0 aliphatic heterocycles. The minimum absolute atomic E-state index is 0.147. The molecule has 0 saturated heterocycles. The quantitative estimate of drug-likeness (QED) is 0.486. The lowest BCUT2D eigenvalue weighted by molar-refractivity contribution is 0.523. The van der Waals surface area contributed by atoms with Crippen LogP contribution >= 0.6 is 0 Å². The van der Waals surface area contributed by atoms with Crippen LogP contribution in [0.4, 0.5) is 31.9 Å². The zero-order valence-electron chi connectivity index (χ0n) is 14.9. The van der Waals surface area contributed by atoms with E-state index in [9.17, 15) is 13.6 Å². The van der Waals surface area contributed by atoms with Gasteiger partial charge in [-0.1, -0.05) is 6.07 Å². The molecule has 2 aromatic heterocycles. The van der Waals surface area contributed by atoms with Crippen molar-refractivity contribution in [3.8, 4) is 0 Å². The largest absolute Gasteiger partial charge is 0.417 e. The van der Waals surface area contributed by atoms with Crippen LogP contribution in [0, 0.1) is 25.5 Å². The number of nitrogens with one attached hydrogen (secondary N) is 3. The third-order valence-corrected chi connectivity index (χ3v) is 3.96. The molecule has 2 heterocycles. The van der Waals surface area contributed by atoms with Crippen LogP contribution in [0.25, 0.3) is 11.1 Å². The molecule has 0 atom stereocenters. The Labute approximate surface area is 157 Å². The Bertz CT molecular complexity index is 1230. The second kappa shape index (κ2) is 6.76. The summed E-state index contributed by atoms with van der Waals surface area (Å²) in [4.78, 5) is 21.6. The monoisotopic (exact) mass is 383 g/mol. The van der Waals surface area contributed by atoms with Crippen molar-refractivity contribution in [2.45, 2.75) is 13.8 Å². The van der Waals surface area contributed by atoms with Crippen LogP contribution in [-0.2, 0) is 0 Å². The maximum absolute atomic E-state index is 14.2. The van der Waals surface area contributed by atoms with Crippen molar-refractivity contribution in [3.05, 3.63) is 69.8 Å². The molecule has 0 spiro atoms. The van der Waals surface area contributed by atoms with Crippen LogP contribution in [0.5, 0.6) is 0 Å². The predicted octanol–water partition coefficient (Wildman–Crippen LogP) is 4.29. The van der Waals surface area contributed by atoms with Crippen LogP contribution in [0.1, 0.15) is 11.1 Å². The van der Waals surface area contributed by atoms with Gasteiger partial charge in [0.25, 0.3) is 0 Å². The normalized spacial score (nSPS) is 11.0. The summed E-state index contributed by atoms with van der Waals surface area (Å²) in [6.45, 7) is 3.92. The third-order valence-electron chi connectivity index (χ3n) is 3.96. The van der Waals surface area contributed by atoms with E-state index in [-0.39, 0.29) is 28.6 Å². The van der Waals surface area contributed by atoms with Gasteiger partial charge in [0, 0.05) is 17.4 Å². The van der Waals surface area contributed by atoms with Gasteiger partial charge in [-0.25, -0.2) is 18.6 Å². The van der Waals surface area contributed by atoms with Gasteiger partial charge in [-0.2, -0.15) is 4.98 Å². The van der Waals surface area contributed by atoms with E-state index in [1.165, 1.54) is 6.07 Å². The van der Waals surface area contributed by atoms with Gasteiger partial charge in [-0.3, -0.25) is 4.98 Å². The topological polar surface area (TPSA) is 95.8 Å². The summed E-state index contributed by atoms with van der Waals surface area (Å²) < 4.78 is 32.9. The molecule has 4 aromatic rings. The first-order chi connectivity index (χ1) is 13.4. The van der Waals surface area contributed by atoms with E-state index in [1.54, 1.807) is 0 Å². The number of oxazole rings is 1. The number of aromatic nitrogens is 3. The maximum atomic E-state index is 14.2. The Kier molecular flexibility index (Phi) is 4.26. The van der Waals surface area contributed by atoms with Crippen LogP contribution in [0.2, 0.25) is 0 Å². The summed E-state index contributed by atoms with van der Waals surface area (Å²) in [7, 11) is 0. The van der Waals surface area contributed by atoms with Crippen molar-refractivity contribution in [1.82, 2.24) is 15.0 Å². The Morgan fingerprint density at radius 1 is 0.964 bits per heavy atom. The minimum atomic E-state index is -0.779. The van der Waals surface area contributed by atoms with E-state index in [0.29, 0.717) is 0 Å². The second-order valence-electron chi connectivity index (χ2n) is 6.37. The fraction of sp³-hybridized carbons (Fsp3) is 0.105. The molecule has 0 fully saturated rings. The SMILES string of the molecule is Cc1cc(C)cc(Nc2ncc(F)c(Nc3cc(F)c4oc(=O)[nH]c4c3)n2)c1. The molecule has 0 amide bonds. The number of benzene rings is 2. The molecular weight excluding hydrogens is 368 g/mol. The molecule has 0 bridgehead atoms. The first-order valence-electron chi connectivity index (χ1n) is 8.34. The highest BCUT2D eigenvalue weighted by Crippen LogP contribution is 2.25. The summed E-state index contributed by atoms with van der Waals surface area (Å²) in [6, 6.07) is 8.34. The highest BCUT2D eigenvalue weighted by atomic mass is 19.1. The minimum Gasteiger partial charge on any atom is -0.405 e. The highest BCUT2D eigenvalue weighted by molar-refractivity contribution is 5.79. The van der Waals surface area contributed by atoms with Crippen LogP contribution in [0.15, 0.2) is 45.7 Å². The van der Waals surface area contributed by atoms with Gasteiger partial charge in [-0.15, -0.1) is 0 Å². The molecule has 142 valence electrons. The van der Waals surface area contributed by atoms with Crippen LogP contribution in [0.3, 0.4) is 0 Å². The standard InChI is InChI=1S/C19H15F2N5O2/c1-9-3-10(2)5-11(4-9)24-18-22-8-14(21)17(26-18)23-12-6-13(20)16-15(7-12)25-19(27)28-16/h3-8H,1-2H3,(H,25,27)(H2,22,23,24,26). The number of hydrogen-bond acceptors (Lipinski definition) is 6. The van der Waals surface area contributed by atoms with Crippen molar-refractivity contribution in [1.29, 1.82) is 0 Å². The number of rotatable bonds is 4. The van der Waals surface area contributed by atoms with E-state index in [2.05, 4.69) is 25.6 Å². The van der Waals surface area contributed by atoms with Gasteiger partial charge >= 0.3 is 5.76 Å². The average Bonchev–Trinajstić information content (AvgIpc) is 2.98. The van der Waals surface area contributed by atoms with E-state index in [1.807, 2.05) is 32.0 Å². The molecule has 3 N–H and O–H groups in total. The highest BCUT2D eigenvalue weighted by Gasteiger charge is 2.13. The molecule has 9 heteroatoms. The van der Waals surface area contributed by atoms with Gasteiger partial charge in [0.2, 0.25) is 5.95 Å². The van der Waals surface area contributed by atoms with Gasteiger partial charge in [0.1, 0.15) is 0 Å². The van der Waals surface area contributed by atoms with Crippen LogP contribution in [-0.4, -0.2) is 15.0 Å². The zero-order valence-corrected chi connectivity index (χ0v) is 14.9. The molecule has 0 aliphatic rings. The van der Waals surface area contributed by atoms with E-state index in [4.69, 9.17) is 4.42 Å². The number of H-pyrrole nitrogens is 1. The number of hydrogen-bond donors (Lipinski definition) is 3. The van der Waals surface area contributed by atoms with Crippen molar-refractivity contribution in [2.24, 2.45) is 0 Å². The van der Waals surface area contributed by atoms with Crippen molar-refractivity contribution in [3.63, 3.8) is 0 Å². The Balaban J connectivity index is 1.65. The van der Waals surface area contributed by atoms with Gasteiger partial charge in [0.15, 0.2) is 23.0 Å². The lowest BCUT2D eigenvalue weighted by Gasteiger charge is -2.10. The Morgan fingerprint density at radius 3 is 2.43 bits per heavy atom. The molecule has 0 aliphatic carbocycles. The first kappa shape index (κ1) is 17.7. The van der Waals surface area contributed by atoms with E-state index in [0.717, 1.165) is 29.1 Å². The third kappa shape index (κ3) is 3.54. The fourth-order valence-electron chi connectivity index (χ4n) is 2.92. The summed E-state index contributed by atoms with van der Waals surface area (Å²) in [5, 5.41) is 5.71. The molecule has 0 radical (unpaired) electrons. The van der Waals surface area contributed by atoms with Gasteiger partial charge < -0.3 is 15.1 Å². The summed E-state index contributed by atoms with van der Waals surface area (Å²) in [6.07, 6.45) is 1.01. The number of halogens is 2. The Morgan fingerprint density at radius 2 is 1.68 bits per heavy atom. The lowest BCUT2D eigenvalue weighted by atomic mass is 10.1. The molecule has 0 unspecified atom stereocenters. The summed E-state index contributed by atoms with van der Waals surface area (Å²) >= 11 is 0.